The van der Waals surface area contributed by atoms with Crippen LogP contribution in [0, 0.1) is 0 Å². The lowest BCUT2D eigenvalue weighted by atomic mass is 10.1. The van der Waals surface area contributed by atoms with Crippen LogP contribution in [0.25, 0.3) is 0 Å². The molecule has 3 aromatic rings. The molecule has 0 aliphatic carbocycles. The number of hydrogen-bond acceptors (Lipinski definition) is 5. The molecule has 2 heterocycles. The zero-order valence-electron chi connectivity index (χ0n) is 13.9. The molecule has 0 spiro atoms. The predicted molar refractivity (Wildman–Crippen MR) is 97.4 cm³/mol. The Morgan fingerprint density at radius 1 is 1.04 bits per heavy atom. The van der Waals surface area contributed by atoms with Crippen LogP contribution in [0.1, 0.15) is 28.7 Å². The summed E-state index contributed by atoms with van der Waals surface area (Å²) in [5.41, 5.74) is 3.09. The molecule has 6 heteroatoms. The van der Waals surface area contributed by atoms with Crippen molar-refractivity contribution in [1.82, 2.24) is 15.0 Å². The largest absolute Gasteiger partial charge is 0.364 e. The number of carbonyl (C=O) groups excluding carboxylic acids is 1. The maximum Gasteiger partial charge on any atom is 0.274 e. The van der Waals surface area contributed by atoms with Gasteiger partial charge in [-0.05, 0) is 30.2 Å². The molecular weight excluding hydrogens is 314 g/mol. The van der Waals surface area contributed by atoms with Gasteiger partial charge in [0.05, 0.1) is 12.2 Å². The number of benzene rings is 1. The molecule has 0 radical (unpaired) electrons. The first kappa shape index (κ1) is 16.6. The van der Waals surface area contributed by atoms with E-state index in [0.717, 1.165) is 23.4 Å². The van der Waals surface area contributed by atoms with Crippen LogP contribution in [0.3, 0.4) is 0 Å². The van der Waals surface area contributed by atoms with Gasteiger partial charge in [0.15, 0.2) is 0 Å². The second kappa shape index (κ2) is 8.01. The molecule has 0 fully saturated rings. The molecule has 1 amide bonds. The first-order valence-electron chi connectivity index (χ1n) is 8.11. The number of carbonyl (C=O) groups is 1. The number of aryl methyl sites for hydroxylation is 1. The lowest BCUT2D eigenvalue weighted by Crippen LogP contribution is -2.15. The maximum absolute atomic E-state index is 12.5. The van der Waals surface area contributed by atoms with Crippen LogP contribution in [-0.2, 0) is 13.0 Å². The Hall–Kier alpha value is -3.28. The average molecular weight is 333 g/mol. The number of para-hydroxylation sites is 1. The van der Waals surface area contributed by atoms with E-state index in [1.165, 1.54) is 6.33 Å². The highest BCUT2D eigenvalue weighted by molar-refractivity contribution is 6.03. The van der Waals surface area contributed by atoms with Crippen LogP contribution in [-0.4, -0.2) is 20.9 Å². The SMILES string of the molecule is CCc1ccccc1NC(=O)c1cc(NCc2ccccn2)ncn1. The minimum absolute atomic E-state index is 0.260. The van der Waals surface area contributed by atoms with Crippen molar-refractivity contribution in [3.05, 3.63) is 78.0 Å². The fraction of sp³-hybridized carbons (Fsp3) is 0.158. The minimum Gasteiger partial charge on any atom is -0.364 e. The van der Waals surface area contributed by atoms with Crippen molar-refractivity contribution in [2.75, 3.05) is 10.6 Å². The minimum atomic E-state index is -0.260. The van der Waals surface area contributed by atoms with Gasteiger partial charge in [-0.1, -0.05) is 31.2 Å². The van der Waals surface area contributed by atoms with E-state index in [0.29, 0.717) is 18.1 Å². The quantitative estimate of drug-likeness (QED) is 0.723. The Morgan fingerprint density at radius 2 is 1.88 bits per heavy atom. The number of nitrogens with one attached hydrogen (secondary N) is 2. The van der Waals surface area contributed by atoms with Crippen molar-refractivity contribution >= 4 is 17.4 Å². The molecular formula is C19H19N5O. The molecule has 3 rings (SSSR count). The van der Waals surface area contributed by atoms with Crippen LogP contribution in [0.2, 0.25) is 0 Å². The zero-order valence-corrected chi connectivity index (χ0v) is 13.9. The van der Waals surface area contributed by atoms with Crippen LogP contribution in [0.15, 0.2) is 61.1 Å². The van der Waals surface area contributed by atoms with E-state index in [1.54, 1.807) is 12.3 Å². The molecule has 0 saturated carbocycles. The summed E-state index contributed by atoms with van der Waals surface area (Å²) in [7, 11) is 0. The normalized spacial score (nSPS) is 10.3. The highest BCUT2D eigenvalue weighted by atomic mass is 16.1. The number of aromatic nitrogens is 3. The second-order valence-electron chi connectivity index (χ2n) is 5.43. The molecule has 0 bridgehead atoms. The molecule has 0 unspecified atom stereocenters. The van der Waals surface area contributed by atoms with E-state index >= 15 is 0 Å². The van der Waals surface area contributed by atoms with Gasteiger partial charge < -0.3 is 10.6 Å². The zero-order chi connectivity index (χ0) is 17.5. The molecule has 2 aromatic heterocycles. The Morgan fingerprint density at radius 3 is 2.68 bits per heavy atom. The number of pyridine rings is 1. The lowest BCUT2D eigenvalue weighted by Gasteiger charge is -2.10. The monoisotopic (exact) mass is 333 g/mol. The van der Waals surface area contributed by atoms with Crippen LogP contribution >= 0.6 is 0 Å². The highest BCUT2D eigenvalue weighted by Crippen LogP contribution is 2.16. The second-order valence-corrected chi connectivity index (χ2v) is 5.43. The Kier molecular flexibility index (Phi) is 5.31. The molecule has 0 aliphatic heterocycles. The average Bonchev–Trinajstić information content (AvgIpc) is 2.68. The smallest absolute Gasteiger partial charge is 0.274 e. The Bertz CT molecular complexity index is 851. The molecule has 0 saturated heterocycles. The van der Waals surface area contributed by atoms with Gasteiger partial charge in [-0.3, -0.25) is 9.78 Å². The van der Waals surface area contributed by atoms with Gasteiger partial charge in [0.2, 0.25) is 0 Å². The van der Waals surface area contributed by atoms with E-state index in [4.69, 9.17) is 0 Å². The summed E-state index contributed by atoms with van der Waals surface area (Å²) in [6, 6.07) is 15.1. The van der Waals surface area contributed by atoms with Gasteiger partial charge in [-0.15, -0.1) is 0 Å². The Labute approximate surface area is 146 Å². The fourth-order valence-corrected chi connectivity index (χ4v) is 2.40. The molecule has 0 aliphatic rings. The van der Waals surface area contributed by atoms with Gasteiger partial charge in [0.1, 0.15) is 17.8 Å². The van der Waals surface area contributed by atoms with Crippen molar-refractivity contribution in [2.45, 2.75) is 19.9 Å². The third-order valence-electron chi connectivity index (χ3n) is 3.72. The van der Waals surface area contributed by atoms with Crippen molar-refractivity contribution in [2.24, 2.45) is 0 Å². The van der Waals surface area contributed by atoms with E-state index < -0.39 is 0 Å². The number of hydrogen-bond donors (Lipinski definition) is 2. The summed E-state index contributed by atoms with van der Waals surface area (Å²) in [5, 5.41) is 6.06. The molecule has 126 valence electrons. The maximum atomic E-state index is 12.5. The molecule has 6 nitrogen and oxygen atoms in total. The number of nitrogens with zero attached hydrogens (tertiary/aromatic N) is 3. The first-order valence-corrected chi connectivity index (χ1v) is 8.11. The van der Waals surface area contributed by atoms with Crippen molar-refractivity contribution in [3.63, 3.8) is 0 Å². The van der Waals surface area contributed by atoms with Crippen LogP contribution < -0.4 is 10.6 Å². The number of anilines is 2. The summed E-state index contributed by atoms with van der Waals surface area (Å²) < 4.78 is 0. The topological polar surface area (TPSA) is 79.8 Å². The Balaban J connectivity index is 1.69. The standard InChI is InChI=1S/C19H19N5O/c1-2-14-7-3-4-9-16(14)24-19(25)17-11-18(23-13-22-17)21-12-15-8-5-6-10-20-15/h3-11,13H,2,12H2,1H3,(H,24,25)(H,21,22,23). The third-order valence-corrected chi connectivity index (χ3v) is 3.72. The van der Waals surface area contributed by atoms with Gasteiger partial charge in [0, 0.05) is 18.0 Å². The molecule has 2 N–H and O–H groups in total. The van der Waals surface area contributed by atoms with Crippen molar-refractivity contribution in [1.29, 1.82) is 0 Å². The molecule has 0 atom stereocenters. The van der Waals surface area contributed by atoms with Gasteiger partial charge in [-0.2, -0.15) is 0 Å². The van der Waals surface area contributed by atoms with Gasteiger partial charge in [-0.25, -0.2) is 9.97 Å². The lowest BCUT2D eigenvalue weighted by molar-refractivity contribution is 0.102. The van der Waals surface area contributed by atoms with Crippen molar-refractivity contribution < 1.29 is 4.79 Å². The van der Waals surface area contributed by atoms with E-state index in [9.17, 15) is 4.79 Å². The first-order chi connectivity index (χ1) is 12.3. The van der Waals surface area contributed by atoms with Gasteiger partial charge in [0.25, 0.3) is 5.91 Å². The molecule has 25 heavy (non-hydrogen) atoms. The van der Waals surface area contributed by atoms with Crippen molar-refractivity contribution in [3.8, 4) is 0 Å². The van der Waals surface area contributed by atoms with E-state index in [-0.39, 0.29) is 5.91 Å². The summed E-state index contributed by atoms with van der Waals surface area (Å²) in [6.07, 6.45) is 3.96. The summed E-state index contributed by atoms with van der Waals surface area (Å²) in [5.74, 6) is 0.318. The number of amides is 1. The fourth-order valence-electron chi connectivity index (χ4n) is 2.40. The summed E-state index contributed by atoms with van der Waals surface area (Å²) in [4.78, 5) is 24.9. The highest BCUT2D eigenvalue weighted by Gasteiger charge is 2.11. The van der Waals surface area contributed by atoms with Crippen LogP contribution in [0.4, 0.5) is 11.5 Å². The predicted octanol–water partition coefficient (Wildman–Crippen LogP) is 3.30. The van der Waals surface area contributed by atoms with E-state index in [2.05, 4.69) is 32.5 Å². The third kappa shape index (κ3) is 4.38. The van der Waals surface area contributed by atoms with Crippen LogP contribution in [0.5, 0.6) is 0 Å². The molecule has 1 aromatic carbocycles. The van der Waals surface area contributed by atoms with Gasteiger partial charge >= 0.3 is 0 Å². The van der Waals surface area contributed by atoms with E-state index in [1.807, 2.05) is 42.5 Å². The summed E-state index contributed by atoms with van der Waals surface area (Å²) >= 11 is 0. The summed E-state index contributed by atoms with van der Waals surface area (Å²) in [6.45, 7) is 2.58. The number of rotatable bonds is 6.